The van der Waals surface area contributed by atoms with Crippen LogP contribution in [-0.4, -0.2) is 29.1 Å². The Bertz CT molecular complexity index is 305. The molecule has 15 heavy (non-hydrogen) atoms. The summed E-state index contributed by atoms with van der Waals surface area (Å²) in [5.41, 5.74) is 6.64. The molecule has 4 heteroatoms. The fourth-order valence-corrected chi connectivity index (χ4v) is 1.63. The molecule has 1 aliphatic rings. The van der Waals surface area contributed by atoms with Gasteiger partial charge >= 0.3 is 0 Å². The fourth-order valence-electron chi connectivity index (χ4n) is 1.63. The van der Waals surface area contributed by atoms with E-state index in [1.165, 1.54) is 12.8 Å². The molecule has 1 heterocycles. The summed E-state index contributed by atoms with van der Waals surface area (Å²) in [5.74, 6) is 0.858. The van der Waals surface area contributed by atoms with E-state index in [0.29, 0.717) is 6.04 Å². The molecule has 4 nitrogen and oxygen atoms in total. The van der Waals surface area contributed by atoms with Gasteiger partial charge in [-0.05, 0) is 38.3 Å². The first kappa shape index (κ1) is 10.4. The number of nitrogens with two attached hydrogens (primary N) is 1. The minimum atomic E-state index is 0.652. The minimum absolute atomic E-state index is 0.652. The van der Waals surface area contributed by atoms with Gasteiger partial charge in [0.15, 0.2) is 0 Å². The molecular formula is C11H18N4. The number of aromatic nitrogens is 2. The van der Waals surface area contributed by atoms with E-state index in [-0.39, 0.29) is 0 Å². The Morgan fingerprint density at radius 1 is 1.40 bits per heavy atom. The summed E-state index contributed by atoms with van der Waals surface area (Å²) in [6.07, 6.45) is 7.29. The number of anilines is 1. The lowest BCUT2D eigenvalue weighted by molar-refractivity contribution is 0.710. The average molecular weight is 206 g/mol. The molecule has 1 saturated carbocycles. The largest absolute Gasteiger partial charge is 0.338 e. The molecule has 0 unspecified atom stereocenters. The molecule has 0 saturated heterocycles. The highest BCUT2D eigenvalue weighted by molar-refractivity contribution is 5.33. The summed E-state index contributed by atoms with van der Waals surface area (Å²) in [7, 11) is 0. The monoisotopic (exact) mass is 206 g/mol. The standard InChI is InChI=1S/C11H18N4/c1-9-7-13-11(14-8-9)15(6-2-5-12)10-3-4-10/h7-8,10H,2-6,12H2,1H3. The predicted molar refractivity (Wildman–Crippen MR) is 60.8 cm³/mol. The Morgan fingerprint density at radius 3 is 2.60 bits per heavy atom. The van der Waals surface area contributed by atoms with Crippen LogP contribution in [0, 0.1) is 6.92 Å². The maximum absolute atomic E-state index is 5.53. The SMILES string of the molecule is Cc1cnc(N(CCCN)C2CC2)nc1. The van der Waals surface area contributed by atoms with Crippen molar-refractivity contribution in [2.75, 3.05) is 18.0 Å². The van der Waals surface area contributed by atoms with Crippen molar-refractivity contribution in [2.45, 2.75) is 32.2 Å². The van der Waals surface area contributed by atoms with Gasteiger partial charge in [0.2, 0.25) is 5.95 Å². The second-order valence-corrected chi connectivity index (χ2v) is 4.13. The molecule has 0 amide bonds. The molecule has 1 aliphatic carbocycles. The van der Waals surface area contributed by atoms with Crippen LogP contribution in [0.4, 0.5) is 5.95 Å². The van der Waals surface area contributed by atoms with Gasteiger partial charge in [-0.25, -0.2) is 9.97 Å². The molecule has 1 aromatic heterocycles. The van der Waals surface area contributed by atoms with Crippen molar-refractivity contribution >= 4 is 5.95 Å². The van der Waals surface area contributed by atoms with Crippen LogP contribution in [0.3, 0.4) is 0 Å². The molecule has 82 valence electrons. The highest BCUT2D eigenvalue weighted by atomic mass is 15.3. The van der Waals surface area contributed by atoms with Crippen molar-refractivity contribution in [3.05, 3.63) is 18.0 Å². The normalized spacial score (nSPS) is 15.3. The van der Waals surface area contributed by atoms with E-state index < -0.39 is 0 Å². The van der Waals surface area contributed by atoms with Crippen molar-refractivity contribution in [2.24, 2.45) is 5.73 Å². The molecule has 0 atom stereocenters. The van der Waals surface area contributed by atoms with E-state index in [4.69, 9.17) is 5.73 Å². The van der Waals surface area contributed by atoms with Gasteiger partial charge in [0, 0.05) is 25.0 Å². The van der Waals surface area contributed by atoms with Crippen molar-refractivity contribution in [1.82, 2.24) is 9.97 Å². The highest BCUT2D eigenvalue weighted by Gasteiger charge is 2.30. The molecule has 0 radical (unpaired) electrons. The molecule has 1 fully saturated rings. The second-order valence-electron chi connectivity index (χ2n) is 4.13. The zero-order valence-electron chi connectivity index (χ0n) is 9.19. The Labute approximate surface area is 90.5 Å². The Hall–Kier alpha value is -1.16. The van der Waals surface area contributed by atoms with Crippen LogP contribution in [-0.2, 0) is 0 Å². The quantitative estimate of drug-likeness (QED) is 0.784. The lowest BCUT2D eigenvalue weighted by Gasteiger charge is -2.21. The smallest absolute Gasteiger partial charge is 0.225 e. The molecule has 2 N–H and O–H groups in total. The van der Waals surface area contributed by atoms with Crippen LogP contribution < -0.4 is 10.6 Å². The van der Waals surface area contributed by atoms with Crippen LogP contribution >= 0.6 is 0 Å². The highest BCUT2D eigenvalue weighted by Crippen LogP contribution is 2.29. The van der Waals surface area contributed by atoms with Crippen LogP contribution in [0.5, 0.6) is 0 Å². The first-order chi connectivity index (χ1) is 7.31. The summed E-state index contributed by atoms with van der Waals surface area (Å²) in [5, 5.41) is 0. The van der Waals surface area contributed by atoms with E-state index in [1.54, 1.807) is 0 Å². The molecule has 0 aliphatic heterocycles. The molecule has 0 bridgehead atoms. The van der Waals surface area contributed by atoms with Gasteiger partial charge < -0.3 is 10.6 Å². The molecule has 0 spiro atoms. The van der Waals surface area contributed by atoms with Crippen molar-refractivity contribution in [3.8, 4) is 0 Å². The predicted octanol–water partition coefficient (Wildman–Crippen LogP) is 1.10. The zero-order chi connectivity index (χ0) is 10.7. The molecule has 0 aromatic carbocycles. The van der Waals surface area contributed by atoms with Crippen LogP contribution in [0.25, 0.3) is 0 Å². The zero-order valence-corrected chi connectivity index (χ0v) is 9.19. The van der Waals surface area contributed by atoms with Crippen LogP contribution in [0.2, 0.25) is 0 Å². The number of rotatable bonds is 5. The lowest BCUT2D eigenvalue weighted by atomic mass is 10.3. The first-order valence-corrected chi connectivity index (χ1v) is 5.56. The maximum Gasteiger partial charge on any atom is 0.225 e. The summed E-state index contributed by atoms with van der Waals surface area (Å²) in [4.78, 5) is 11.0. The molecule has 1 aromatic rings. The second kappa shape index (κ2) is 4.57. The minimum Gasteiger partial charge on any atom is -0.338 e. The third kappa shape index (κ3) is 2.65. The summed E-state index contributed by atoms with van der Waals surface area (Å²) >= 11 is 0. The fraction of sp³-hybridized carbons (Fsp3) is 0.636. The Morgan fingerprint density at radius 2 is 2.07 bits per heavy atom. The van der Waals surface area contributed by atoms with Gasteiger partial charge in [0.25, 0.3) is 0 Å². The van der Waals surface area contributed by atoms with Crippen LogP contribution in [0.15, 0.2) is 12.4 Å². The van der Waals surface area contributed by atoms with Gasteiger partial charge in [0.05, 0.1) is 0 Å². The number of nitrogens with zero attached hydrogens (tertiary/aromatic N) is 3. The number of hydrogen-bond acceptors (Lipinski definition) is 4. The van der Waals surface area contributed by atoms with Gasteiger partial charge in [-0.2, -0.15) is 0 Å². The van der Waals surface area contributed by atoms with E-state index >= 15 is 0 Å². The first-order valence-electron chi connectivity index (χ1n) is 5.56. The molecule has 2 rings (SSSR count). The van der Waals surface area contributed by atoms with Gasteiger partial charge in [-0.3, -0.25) is 0 Å². The Kier molecular flexibility index (Phi) is 3.16. The number of hydrogen-bond donors (Lipinski definition) is 1. The van der Waals surface area contributed by atoms with Gasteiger partial charge in [0.1, 0.15) is 0 Å². The number of aryl methyl sites for hydroxylation is 1. The summed E-state index contributed by atoms with van der Waals surface area (Å²) in [6.45, 7) is 3.71. The van der Waals surface area contributed by atoms with Crippen molar-refractivity contribution < 1.29 is 0 Å². The third-order valence-corrected chi connectivity index (χ3v) is 2.61. The van der Waals surface area contributed by atoms with Gasteiger partial charge in [-0.15, -0.1) is 0 Å². The maximum atomic E-state index is 5.53. The van der Waals surface area contributed by atoms with Crippen LogP contribution in [0.1, 0.15) is 24.8 Å². The van der Waals surface area contributed by atoms with Crippen molar-refractivity contribution in [1.29, 1.82) is 0 Å². The van der Waals surface area contributed by atoms with Crippen molar-refractivity contribution in [3.63, 3.8) is 0 Å². The average Bonchev–Trinajstić information content (AvgIpc) is 3.05. The van der Waals surface area contributed by atoms with E-state index in [2.05, 4.69) is 14.9 Å². The van der Waals surface area contributed by atoms with Gasteiger partial charge in [-0.1, -0.05) is 0 Å². The third-order valence-electron chi connectivity index (χ3n) is 2.61. The van der Waals surface area contributed by atoms with E-state index in [1.807, 2.05) is 19.3 Å². The lowest BCUT2D eigenvalue weighted by Crippen LogP contribution is -2.29. The Balaban J connectivity index is 2.06. The van der Waals surface area contributed by atoms with E-state index in [9.17, 15) is 0 Å². The summed E-state index contributed by atoms with van der Waals surface area (Å²) in [6, 6.07) is 0.652. The topological polar surface area (TPSA) is 55.0 Å². The molecular weight excluding hydrogens is 188 g/mol. The summed E-state index contributed by atoms with van der Waals surface area (Å²) < 4.78 is 0. The van der Waals surface area contributed by atoms with E-state index in [0.717, 1.165) is 31.0 Å².